The van der Waals surface area contributed by atoms with Gasteiger partial charge in [0.1, 0.15) is 24.8 Å². The van der Waals surface area contributed by atoms with Crippen molar-refractivity contribution >= 4 is 0 Å². The lowest BCUT2D eigenvalue weighted by Gasteiger charge is -2.13. The van der Waals surface area contributed by atoms with Crippen molar-refractivity contribution in [3.8, 4) is 17.6 Å². The number of hydrogen-bond donors (Lipinski definition) is 1. The van der Waals surface area contributed by atoms with E-state index in [9.17, 15) is 4.39 Å². The number of ether oxygens (including phenoxy) is 2. The molecule has 1 N–H and O–H groups in total. The molecular weight excluding hydrogens is 247 g/mol. The molecule has 19 heavy (non-hydrogen) atoms. The third-order valence-corrected chi connectivity index (χ3v) is 2.99. The second-order valence-electron chi connectivity index (χ2n) is 4.56. The minimum atomic E-state index is -0.375. The molecule has 0 amide bonds. The lowest BCUT2D eigenvalue weighted by molar-refractivity contribution is 0.0264. The second kappa shape index (κ2) is 6.55. The zero-order valence-electron chi connectivity index (χ0n) is 10.9. The quantitative estimate of drug-likeness (QED) is 0.850. The van der Waals surface area contributed by atoms with Crippen molar-refractivity contribution in [2.24, 2.45) is 0 Å². The summed E-state index contributed by atoms with van der Waals surface area (Å²) in [5.41, 5.74) is 0.445. The molecule has 0 saturated carbocycles. The van der Waals surface area contributed by atoms with E-state index in [2.05, 4.69) is 11.8 Å². The molecule has 4 heteroatoms. The van der Waals surface area contributed by atoms with Crippen LogP contribution in [0.3, 0.4) is 0 Å². The summed E-state index contributed by atoms with van der Waals surface area (Å²) in [6.07, 6.45) is 2.36. The average molecular weight is 264 g/mol. The molecule has 2 atom stereocenters. The van der Waals surface area contributed by atoms with Gasteiger partial charge in [0.15, 0.2) is 0 Å². The number of aliphatic hydroxyl groups excluding tert-OH is 1. The monoisotopic (exact) mass is 264 g/mol. The Labute approximate surface area is 112 Å². The Morgan fingerprint density at radius 2 is 2.32 bits per heavy atom. The molecule has 102 valence electrons. The number of benzene rings is 1. The van der Waals surface area contributed by atoms with Gasteiger partial charge in [0.2, 0.25) is 0 Å². The Bertz CT molecular complexity index is 490. The van der Waals surface area contributed by atoms with Gasteiger partial charge in [-0.15, -0.1) is 0 Å². The van der Waals surface area contributed by atoms with Crippen LogP contribution in [0.25, 0.3) is 0 Å². The summed E-state index contributed by atoms with van der Waals surface area (Å²) in [7, 11) is 0. The van der Waals surface area contributed by atoms with E-state index >= 15 is 0 Å². The smallest absolute Gasteiger partial charge is 0.135 e. The summed E-state index contributed by atoms with van der Waals surface area (Å²) in [4.78, 5) is 0. The summed E-state index contributed by atoms with van der Waals surface area (Å²) < 4.78 is 24.5. The van der Waals surface area contributed by atoms with Gasteiger partial charge in [-0.2, -0.15) is 0 Å². The largest absolute Gasteiger partial charge is 0.490 e. The van der Waals surface area contributed by atoms with E-state index in [0.717, 1.165) is 12.8 Å². The highest BCUT2D eigenvalue weighted by molar-refractivity contribution is 5.46. The van der Waals surface area contributed by atoms with Crippen LogP contribution in [-0.4, -0.2) is 30.5 Å². The van der Waals surface area contributed by atoms with E-state index in [4.69, 9.17) is 14.6 Å². The van der Waals surface area contributed by atoms with E-state index < -0.39 is 0 Å². The van der Waals surface area contributed by atoms with E-state index in [1.54, 1.807) is 6.07 Å². The third-order valence-electron chi connectivity index (χ3n) is 2.99. The zero-order valence-corrected chi connectivity index (χ0v) is 10.9. The fraction of sp³-hybridized carbons (Fsp3) is 0.467. The van der Waals surface area contributed by atoms with Gasteiger partial charge in [0, 0.05) is 0 Å². The molecule has 1 fully saturated rings. The van der Waals surface area contributed by atoms with Crippen molar-refractivity contribution in [3.05, 3.63) is 29.6 Å². The first-order valence-corrected chi connectivity index (χ1v) is 6.36. The van der Waals surface area contributed by atoms with Crippen LogP contribution in [0.1, 0.15) is 25.3 Å². The molecule has 0 radical (unpaired) electrons. The Balaban J connectivity index is 2.02. The van der Waals surface area contributed by atoms with Crippen LogP contribution < -0.4 is 4.74 Å². The van der Waals surface area contributed by atoms with Crippen molar-refractivity contribution in [1.82, 2.24) is 0 Å². The highest BCUT2D eigenvalue weighted by Gasteiger charge is 2.22. The van der Waals surface area contributed by atoms with E-state index in [0.29, 0.717) is 17.9 Å². The van der Waals surface area contributed by atoms with Crippen molar-refractivity contribution in [2.75, 3.05) is 13.2 Å². The lowest BCUT2D eigenvalue weighted by Crippen LogP contribution is -2.18. The first kappa shape index (κ1) is 13.9. The summed E-state index contributed by atoms with van der Waals surface area (Å²) in [5, 5.41) is 8.69. The fourth-order valence-corrected chi connectivity index (χ4v) is 2.05. The second-order valence-corrected chi connectivity index (χ2v) is 4.56. The van der Waals surface area contributed by atoms with E-state index in [1.807, 2.05) is 6.92 Å². The first-order chi connectivity index (χ1) is 9.19. The fourth-order valence-electron chi connectivity index (χ4n) is 2.05. The van der Waals surface area contributed by atoms with Crippen LogP contribution in [-0.2, 0) is 4.74 Å². The molecule has 1 aromatic carbocycles. The number of halogens is 1. The van der Waals surface area contributed by atoms with Gasteiger partial charge in [-0.1, -0.05) is 11.8 Å². The minimum absolute atomic E-state index is 0.0821. The number of hydrogen-bond acceptors (Lipinski definition) is 3. The van der Waals surface area contributed by atoms with Crippen LogP contribution in [0.5, 0.6) is 5.75 Å². The van der Waals surface area contributed by atoms with E-state index in [-0.39, 0.29) is 24.6 Å². The van der Waals surface area contributed by atoms with Crippen molar-refractivity contribution in [1.29, 1.82) is 0 Å². The molecule has 1 aromatic rings. The molecule has 3 nitrogen and oxygen atoms in total. The maximum absolute atomic E-state index is 13.2. The topological polar surface area (TPSA) is 38.7 Å². The Morgan fingerprint density at radius 1 is 1.47 bits per heavy atom. The predicted molar refractivity (Wildman–Crippen MR) is 69.4 cm³/mol. The molecule has 2 unspecified atom stereocenters. The Hall–Kier alpha value is -1.57. The summed E-state index contributed by atoms with van der Waals surface area (Å²) in [6.45, 7) is 2.21. The third kappa shape index (κ3) is 3.95. The molecule has 0 aliphatic carbocycles. The van der Waals surface area contributed by atoms with Crippen LogP contribution in [0.2, 0.25) is 0 Å². The predicted octanol–water partition coefficient (Wildman–Crippen LogP) is 2.12. The van der Waals surface area contributed by atoms with Crippen molar-refractivity contribution in [2.45, 2.75) is 32.0 Å². The van der Waals surface area contributed by atoms with Crippen LogP contribution in [0.4, 0.5) is 4.39 Å². The van der Waals surface area contributed by atoms with Gasteiger partial charge >= 0.3 is 0 Å². The standard InChI is InChI=1S/C15H17FO3/c1-11-4-6-14(19-11)10-18-15-7-5-13(16)9-12(15)3-2-8-17/h5,7,9,11,14,17H,4,6,8,10H2,1H3. The van der Waals surface area contributed by atoms with E-state index in [1.165, 1.54) is 12.1 Å². The van der Waals surface area contributed by atoms with Gasteiger partial charge in [-0.05, 0) is 38.0 Å². The minimum Gasteiger partial charge on any atom is -0.490 e. The van der Waals surface area contributed by atoms with Gasteiger partial charge in [-0.3, -0.25) is 0 Å². The molecule has 1 heterocycles. The van der Waals surface area contributed by atoms with Crippen LogP contribution in [0.15, 0.2) is 18.2 Å². The molecule has 0 spiro atoms. The zero-order chi connectivity index (χ0) is 13.7. The van der Waals surface area contributed by atoms with Gasteiger partial charge in [0.05, 0.1) is 17.8 Å². The maximum atomic E-state index is 13.2. The molecule has 0 bridgehead atoms. The molecule has 1 aliphatic rings. The normalized spacial score (nSPS) is 21.8. The number of rotatable bonds is 3. The molecule has 1 aliphatic heterocycles. The Kier molecular flexibility index (Phi) is 4.78. The summed E-state index contributed by atoms with van der Waals surface area (Å²) in [6, 6.07) is 4.18. The number of aliphatic hydroxyl groups is 1. The molecule has 0 aromatic heterocycles. The SMILES string of the molecule is CC1CCC(COc2ccc(F)cc2C#CCO)O1. The van der Waals surface area contributed by atoms with Gasteiger partial charge in [0.25, 0.3) is 0 Å². The van der Waals surface area contributed by atoms with Gasteiger partial charge < -0.3 is 14.6 Å². The average Bonchev–Trinajstić information content (AvgIpc) is 2.81. The maximum Gasteiger partial charge on any atom is 0.135 e. The van der Waals surface area contributed by atoms with Crippen molar-refractivity contribution < 1.29 is 19.0 Å². The van der Waals surface area contributed by atoms with Crippen LogP contribution >= 0.6 is 0 Å². The van der Waals surface area contributed by atoms with Crippen molar-refractivity contribution in [3.63, 3.8) is 0 Å². The highest BCUT2D eigenvalue weighted by Crippen LogP contribution is 2.23. The molecular formula is C15H17FO3. The summed E-state index contributed by atoms with van der Waals surface area (Å²) >= 11 is 0. The summed E-state index contributed by atoms with van der Waals surface area (Å²) in [5.74, 6) is 5.32. The van der Waals surface area contributed by atoms with Crippen LogP contribution in [0, 0.1) is 17.7 Å². The Morgan fingerprint density at radius 3 is 3.00 bits per heavy atom. The highest BCUT2D eigenvalue weighted by atomic mass is 19.1. The first-order valence-electron chi connectivity index (χ1n) is 6.36. The lowest BCUT2D eigenvalue weighted by atomic mass is 10.2. The van der Waals surface area contributed by atoms with Gasteiger partial charge in [-0.25, -0.2) is 4.39 Å². The molecule has 1 saturated heterocycles. The molecule has 2 rings (SSSR count).